The molecular formula is C4H6N2O5S. The molecule has 1 heterocycles. The Kier molecular flexibility index (Phi) is 2.02. The number of hydrogen-bond acceptors (Lipinski definition) is 4. The van der Waals surface area contributed by atoms with Crippen molar-refractivity contribution < 1.29 is 22.6 Å². The molecule has 8 heteroatoms. The van der Waals surface area contributed by atoms with Crippen LogP contribution in [0.2, 0.25) is 0 Å². The zero-order valence-corrected chi connectivity index (χ0v) is 6.59. The molecule has 1 aliphatic heterocycles. The van der Waals surface area contributed by atoms with Crippen LogP contribution in [0.15, 0.2) is 0 Å². The highest BCUT2D eigenvalue weighted by atomic mass is 32.2. The number of carbonyl (C=O) groups excluding carboxylic acids is 2. The van der Waals surface area contributed by atoms with Gasteiger partial charge in [-0.15, -0.1) is 0 Å². The summed E-state index contributed by atoms with van der Waals surface area (Å²) in [5.41, 5.74) is -1.72. The molecule has 0 aliphatic carbocycles. The Morgan fingerprint density at radius 3 is 2.00 bits per heavy atom. The second kappa shape index (κ2) is 2.72. The summed E-state index contributed by atoms with van der Waals surface area (Å²) >= 11 is 0. The SMILES string of the molecule is O=C1CC(=O)NC(S(=O)(=O)O)N1. The quantitative estimate of drug-likeness (QED) is 0.323. The molecule has 0 aromatic rings. The van der Waals surface area contributed by atoms with Crippen molar-refractivity contribution in [2.75, 3.05) is 0 Å². The molecular weight excluding hydrogens is 188 g/mol. The van der Waals surface area contributed by atoms with E-state index in [0.29, 0.717) is 0 Å². The minimum Gasteiger partial charge on any atom is -0.321 e. The maximum Gasteiger partial charge on any atom is 0.305 e. The number of carbonyl (C=O) groups is 2. The van der Waals surface area contributed by atoms with Crippen LogP contribution in [0.4, 0.5) is 0 Å². The number of rotatable bonds is 1. The highest BCUT2D eigenvalue weighted by Gasteiger charge is 2.31. The Morgan fingerprint density at radius 1 is 1.25 bits per heavy atom. The van der Waals surface area contributed by atoms with E-state index in [0.717, 1.165) is 0 Å². The van der Waals surface area contributed by atoms with Crippen LogP contribution < -0.4 is 10.6 Å². The van der Waals surface area contributed by atoms with E-state index in [9.17, 15) is 18.0 Å². The van der Waals surface area contributed by atoms with Gasteiger partial charge in [0.25, 0.3) is 0 Å². The third-order valence-electron chi connectivity index (χ3n) is 1.20. The Labute approximate surface area is 67.9 Å². The highest BCUT2D eigenvalue weighted by Crippen LogP contribution is 1.98. The van der Waals surface area contributed by atoms with Crippen molar-refractivity contribution in [2.24, 2.45) is 0 Å². The first-order chi connectivity index (χ1) is 5.39. The predicted molar refractivity (Wildman–Crippen MR) is 36.2 cm³/mol. The summed E-state index contributed by atoms with van der Waals surface area (Å²) in [6, 6.07) is 0. The Balaban J connectivity index is 2.82. The maximum absolute atomic E-state index is 10.6. The Morgan fingerprint density at radius 2 is 1.67 bits per heavy atom. The average molecular weight is 194 g/mol. The van der Waals surface area contributed by atoms with Gasteiger partial charge >= 0.3 is 10.1 Å². The van der Waals surface area contributed by atoms with Crippen molar-refractivity contribution in [1.29, 1.82) is 0 Å². The first-order valence-corrected chi connectivity index (χ1v) is 4.45. The van der Waals surface area contributed by atoms with Crippen LogP contribution in [0.3, 0.4) is 0 Å². The van der Waals surface area contributed by atoms with Gasteiger partial charge in [0.05, 0.1) is 0 Å². The van der Waals surface area contributed by atoms with Gasteiger partial charge < -0.3 is 10.6 Å². The first-order valence-electron chi connectivity index (χ1n) is 2.94. The summed E-state index contributed by atoms with van der Waals surface area (Å²) in [4.78, 5) is 21.2. The molecule has 0 radical (unpaired) electrons. The summed E-state index contributed by atoms with van der Waals surface area (Å²) in [6.07, 6.45) is -0.425. The molecule has 0 spiro atoms. The Bertz CT molecular complexity index is 304. The van der Waals surface area contributed by atoms with E-state index >= 15 is 0 Å². The van der Waals surface area contributed by atoms with E-state index in [1.54, 1.807) is 0 Å². The largest absolute Gasteiger partial charge is 0.321 e. The van der Waals surface area contributed by atoms with Gasteiger partial charge in [-0.05, 0) is 0 Å². The molecule has 3 N–H and O–H groups in total. The minimum atomic E-state index is -4.46. The van der Waals surface area contributed by atoms with Crippen LogP contribution >= 0.6 is 0 Å². The zero-order chi connectivity index (χ0) is 9.35. The zero-order valence-electron chi connectivity index (χ0n) is 5.77. The van der Waals surface area contributed by atoms with Crippen molar-refractivity contribution in [3.05, 3.63) is 0 Å². The second-order valence-electron chi connectivity index (χ2n) is 2.21. The van der Waals surface area contributed by atoms with Gasteiger partial charge in [-0.25, -0.2) is 0 Å². The van der Waals surface area contributed by atoms with Gasteiger partial charge in [-0.2, -0.15) is 8.42 Å². The van der Waals surface area contributed by atoms with Crippen LogP contribution in [-0.4, -0.2) is 30.3 Å². The summed E-state index contributed by atoms with van der Waals surface area (Å²) in [6.45, 7) is 0. The van der Waals surface area contributed by atoms with E-state index in [1.807, 2.05) is 10.6 Å². The number of amides is 2. The molecule has 0 bridgehead atoms. The lowest BCUT2D eigenvalue weighted by Gasteiger charge is -2.21. The monoisotopic (exact) mass is 194 g/mol. The molecule has 0 aromatic carbocycles. The van der Waals surface area contributed by atoms with Crippen LogP contribution in [0, 0.1) is 0 Å². The Hall–Kier alpha value is -1.15. The second-order valence-corrected chi connectivity index (χ2v) is 3.71. The standard InChI is InChI=1S/C4H6N2O5S/c7-2-1-3(8)6-4(5-2)12(9,10)11/h4H,1H2,(H,5,7)(H,6,8)(H,9,10,11). The average Bonchev–Trinajstić information content (AvgIpc) is 1.82. The minimum absolute atomic E-state index is 0.425. The molecule has 0 unspecified atom stereocenters. The van der Waals surface area contributed by atoms with E-state index in [2.05, 4.69) is 0 Å². The molecule has 1 rings (SSSR count). The maximum atomic E-state index is 10.6. The molecule has 68 valence electrons. The van der Waals surface area contributed by atoms with E-state index in [-0.39, 0.29) is 0 Å². The van der Waals surface area contributed by atoms with Crippen LogP contribution in [0.1, 0.15) is 6.42 Å². The lowest BCUT2D eigenvalue weighted by atomic mass is 10.3. The third kappa shape index (κ3) is 1.92. The summed E-state index contributed by atoms with van der Waals surface area (Å²) in [7, 11) is -4.46. The van der Waals surface area contributed by atoms with Gasteiger partial charge in [0.1, 0.15) is 6.42 Å². The fourth-order valence-corrected chi connectivity index (χ4v) is 1.29. The van der Waals surface area contributed by atoms with Crippen molar-refractivity contribution in [2.45, 2.75) is 11.9 Å². The van der Waals surface area contributed by atoms with Gasteiger partial charge in [0, 0.05) is 0 Å². The predicted octanol–water partition coefficient (Wildman–Crippen LogP) is -2.21. The van der Waals surface area contributed by atoms with Gasteiger partial charge in [0.2, 0.25) is 17.3 Å². The van der Waals surface area contributed by atoms with Crippen LogP contribution in [-0.2, 0) is 19.7 Å². The molecule has 1 saturated heterocycles. The van der Waals surface area contributed by atoms with Crippen molar-refractivity contribution >= 4 is 21.9 Å². The molecule has 7 nitrogen and oxygen atoms in total. The van der Waals surface area contributed by atoms with E-state index < -0.39 is 33.9 Å². The molecule has 0 atom stereocenters. The fourth-order valence-electron chi connectivity index (χ4n) is 0.725. The molecule has 2 amide bonds. The molecule has 0 saturated carbocycles. The normalized spacial score (nSPS) is 20.1. The molecule has 12 heavy (non-hydrogen) atoms. The van der Waals surface area contributed by atoms with Crippen molar-refractivity contribution in [1.82, 2.24) is 10.6 Å². The van der Waals surface area contributed by atoms with E-state index in [4.69, 9.17) is 4.55 Å². The number of nitrogens with one attached hydrogen (secondary N) is 2. The third-order valence-corrected chi connectivity index (χ3v) is 2.03. The lowest BCUT2D eigenvalue weighted by Crippen LogP contribution is -2.57. The summed E-state index contributed by atoms with van der Waals surface area (Å²) in [5.74, 6) is -1.47. The fraction of sp³-hybridized carbons (Fsp3) is 0.500. The van der Waals surface area contributed by atoms with Crippen LogP contribution in [0.25, 0.3) is 0 Å². The van der Waals surface area contributed by atoms with E-state index in [1.165, 1.54) is 0 Å². The summed E-state index contributed by atoms with van der Waals surface area (Å²) in [5, 5.41) is 3.76. The molecule has 0 aromatic heterocycles. The molecule has 1 aliphatic rings. The van der Waals surface area contributed by atoms with Crippen molar-refractivity contribution in [3.8, 4) is 0 Å². The first kappa shape index (κ1) is 8.94. The highest BCUT2D eigenvalue weighted by molar-refractivity contribution is 7.86. The smallest absolute Gasteiger partial charge is 0.305 e. The lowest BCUT2D eigenvalue weighted by molar-refractivity contribution is -0.133. The van der Waals surface area contributed by atoms with Gasteiger partial charge in [-0.3, -0.25) is 14.1 Å². The van der Waals surface area contributed by atoms with Gasteiger partial charge in [-0.1, -0.05) is 0 Å². The summed E-state index contributed by atoms with van der Waals surface area (Å²) < 4.78 is 29.2. The van der Waals surface area contributed by atoms with Crippen molar-refractivity contribution in [3.63, 3.8) is 0 Å². The number of hydrogen-bond donors (Lipinski definition) is 3. The topological polar surface area (TPSA) is 113 Å². The molecule has 1 fully saturated rings. The van der Waals surface area contributed by atoms with Gasteiger partial charge in [0.15, 0.2) is 0 Å². The van der Waals surface area contributed by atoms with Crippen LogP contribution in [0.5, 0.6) is 0 Å².